The molecule has 19 heavy (non-hydrogen) atoms. The zero-order valence-corrected chi connectivity index (χ0v) is 12.0. The summed E-state index contributed by atoms with van der Waals surface area (Å²) in [7, 11) is 0. The molecule has 1 spiro atoms. The van der Waals surface area contributed by atoms with Gasteiger partial charge in [-0.1, -0.05) is 19.8 Å². The predicted octanol–water partition coefficient (Wildman–Crippen LogP) is 1.77. The molecule has 0 aromatic heterocycles. The van der Waals surface area contributed by atoms with Crippen molar-refractivity contribution in [3.05, 3.63) is 0 Å². The van der Waals surface area contributed by atoms with Crippen LogP contribution in [0.15, 0.2) is 4.99 Å². The average molecular weight is 269 g/mol. The fourth-order valence-corrected chi connectivity index (χ4v) is 2.75. The zero-order valence-electron chi connectivity index (χ0n) is 12.0. The van der Waals surface area contributed by atoms with E-state index in [1.807, 2.05) is 0 Å². The minimum absolute atomic E-state index is 0.0556. The normalized spacial score (nSPS) is 27.4. The van der Waals surface area contributed by atoms with E-state index in [1.54, 1.807) is 0 Å². The summed E-state index contributed by atoms with van der Waals surface area (Å²) in [5, 5.41) is 3.07. The molecule has 2 fully saturated rings. The molecule has 0 amide bonds. The second-order valence-electron chi connectivity index (χ2n) is 5.53. The maximum Gasteiger partial charge on any atom is 0.188 e. The van der Waals surface area contributed by atoms with Crippen LogP contribution in [0, 0.1) is 0 Å². The molecule has 5 nitrogen and oxygen atoms in total. The third-order valence-electron chi connectivity index (χ3n) is 3.80. The largest absolute Gasteiger partial charge is 0.370 e. The molecule has 2 aliphatic rings. The summed E-state index contributed by atoms with van der Waals surface area (Å²) >= 11 is 0. The molecule has 0 radical (unpaired) electrons. The maximum absolute atomic E-state index is 6.11. The summed E-state index contributed by atoms with van der Waals surface area (Å²) in [6, 6.07) is 0. The third-order valence-corrected chi connectivity index (χ3v) is 3.80. The van der Waals surface area contributed by atoms with Gasteiger partial charge in [0.2, 0.25) is 0 Å². The Bertz CT molecular complexity index is 299. The van der Waals surface area contributed by atoms with Crippen molar-refractivity contribution in [2.24, 2.45) is 10.7 Å². The van der Waals surface area contributed by atoms with E-state index in [4.69, 9.17) is 15.2 Å². The number of hydrogen-bond donors (Lipinski definition) is 2. The van der Waals surface area contributed by atoms with Crippen LogP contribution >= 0.6 is 0 Å². The van der Waals surface area contributed by atoms with Gasteiger partial charge in [0.1, 0.15) is 6.10 Å². The standard InChI is InChI=1S/C14H27N3O2/c1-2-9-16-13(15)17-10-12-11-18-14(19-12)7-5-3-4-6-8-14/h12H,2-11H2,1H3,(H3,15,16,17). The highest BCUT2D eigenvalue weighted by molar-refractivity contribution is 5.77. The molecule has 1 heterocycles. The summed E-state index contributed by atoms with van der Waals surface area (Å²) in [5.74, 6) is 0.190. The van der Waals surface area contributed by atoms with Crippen molar-refractivity contribution in [2.75, 3.05) is 19.7 Å². The van der Waals surface area contributed by atoms with Gasteiger partial charge >= 0.3 is 0 Å². The Hall–Kier alpha value is -0.810. The molecule has 3 N–H and O–H groups in total. The predicted molar refractivity (Wildman–Crippen MR) is 76.0 cm³/mol. The lowest BCUT2D eigenvalue weighted by Crippen LogP contribution is -2.34. The van der Waals surface area contributed by atoms with E-state index in [0.29, 0.717) is 19.1 Å². The van der Waals surface area contributed by atoms with Gasteiger partial charge in [-0.3, -0.25) is 4.99 Å². The summed E-state index contributed by atoms with van der Waals surface area (Å²) in [5.41, 5.74) is 5.78. The van der Waals surface area contributed by atoms with Gasteiger partial charge in [-0.05, 0) is 19.3 Å². The first-order valence-corrected chi connectivity index (χ1v) is 7.60. The number of rotatable bonds is 4. The van der Waals surface area contributed by atoms with Crippen LogP contribution in [0.25, 0.3) is 0 Å². The molecular formula is C14H27N3O2. The smallest absolute Gasteiger partial charge is 0.188 e. The quantitative estimate of drug-likeness (QED) is 0.603. The number of aliphatic imine (C=N–C) groups is 1. The number of nitrogens with zero attached hydrogens (tertiary/aromatic N) is 1. The first-order valence-electron chi connectivity index (χ1n) is 7.60. The highest BCUT2D eigenvalue weighted by atomic mass is 16.7. The number of hydrogen-bond acceptors (Lipinski definition) is 3. The van der Waals surface area contributed by atoms with Crippen molar-refractivity contribution >= 4 is 5.96 Å². The van der Waals surface area contributed by atoms with Crippen molar-refractivity contribution in [3.63, 3.8) is 0 Å². The van der Waals surface area contributed by atoms with Gasteiger partial charge in [0.25, 0.3) is 0 Å². The van der Waals surface area contributed by atoms with Crippen molar-refractivity contribution < 1.29 is 9.47 Å². The Balaban J connectivity index is 1.78. The van der Waals surface area contributed by atoms with E-state index in [1.165, 1.54) is 25.7 Å². The highest BCUT2D eigenvalue weighted by Crippen LogP contribution is 2.36. The number of nitrogens with one attached hydrogen (secondary N) is 1. The summed E-state index contributed by atoms with van der Waals surface area (Å²) in [6.07, 6.45) is 8.15. The highest BCUT2D eigenvalue weighted by Gasteiger charge is 2.41. The van der Waals surface area contributed by atoms with Gasteiger partial charge in [-0.15, -0.1) is 0 Å². The number of ether oxygens (including phenoxy) is 2. The van der Waals surface area contributed by atoms with E-state index in [9.17, 15) is 0 Å². The van der Waals surface area contributed by atoms with E-state index in [2.05, 4.69) is 17.2 Å². The Morgan fingerprint density at radius 3 is 2.74 bits per heavy atom. The van der Waals surface area contributed by atoms with Crippen molar-refractivity contribution in [3.8, 4) is 0 Å². The summed E-state index contributed by atoms with van der Waals surface area (Å²) in [4.78, 5) is 4.32. The lowest BCUT2D eigenvalue weighted by Gasteiger charge is -2.26. The second-order valence-corrected chi connectivity index (χ2v) is 5.53. The topological polar surface area (TPSA) is 68.9 Å². The Morgan fingerprint density at radius 2 is 2.05 bits per heavy atom. The Labute approximate surface area is 115 Å². The molecular weight excluding hydrogens is 242 g/mol. The number of nitrogens with two attached hydrogens (primary N) is 1. The monoisotopic (exact) mass is 269 g/mol. The fraction of sp³-hybridized carbons (Fsp3) is 0.929. The van der Waals surface area contributed by atoms with Crippen molar-refractivity contribution in [1.82, 2.24) is 5.32 Å². The van der Waals surface area contributed by atoms with Crippen LogP contribution in [-0.4, -0.2) is 37.5 Å². The second kappa shape index (κ2) is 7.10. The Morgan fingerprint density at radius 1 is 1.32 bits per heavy atom. The molecule has 0 bridgehead atoms. The molecule has 5 heteroatoms. The van der Waals surface area contributed by atoms with E-state index < -0.39 is 0 Å². The molecule has 1 aliphatic carbocycles. The maximum atomic E-state index is 6.11. The lowest BCUT2D eigenvalue weighted by molar-refractivity contribution is -0.174. The van der Waals surface area contributed by atoms with E-state index >= 15 is 0 Å². The average Bonchev–Trinajstić information content (AvgIpc) is 2.66. The van der Waals surface area contributed by atoms with Crippen molar-refractivity contribution in [1.29, 1.82) is 0 Å². The molecule has 1 saturated heterocycles. The molecule has 1 aliphatic heterocycles. The summed E-state index contributed by atoms with van der Waals surface area (Å²) < 4.78 is 12.0. The Kier molecular flexibility index (Phi) is 5.45. The molecule has 1 saturated carbocycles. The van der Waals surface area contributed by atoms with Crippen LogP contribution in [0.2, 0.25) is 0 Å². The number of guanidine groups is 1. The molecule has 0 aromatic rings. The lowest BCUT2D eigenvalue weighted by atomic mass is 10.1. The van der Waals surface area contributed by atoms with Gasteiger partial charge in [-0.2, -0.15) is 0 Å². The molecule has 1 atom stereocenters. The van der Waals surface area contributed by atoms with Crippen LogP contribution in [-0.2, 0) is 9.47 Å². The van der Waals surface area contributed by atoms with Crippen LogP contribution in [0.3, 0.4) is 0 Å². The first kappa shape index (κ1) is 14.6. The van der Waals surface area contributed by atoms with Gasteiger partial charge in [-0.25, -0.2) is 0 Å². The molecule has 2 rings (SSSR count). The van der Waals surface area contributed by atoms with Crippen molar-refractivity contribution in [2.45, 2.75) is 63.8 Å². The van der Waals surface area contributed by atoms with E-state index in [-0.39, 0.29) is 11.9 Å². The van der Waals surface area contributed by atoms with Crippen LogP contribution < -0.4 is 11.1 Å². The van der Waals surface area contributed by atoms with Gasteiger partial charge in [0.15, 0.2) is 11.7 Å². The summed E-state index contributed by atoms with van der Waals surface area (Å²) in [6.45, 7) is 4.19. The molecule has 1 unspecified atom stereocenters. The van der Waals surface area contributed by atoms with Gasteiger partial charge < -0.3 is 20.5 Å². The third kappa shape index (κ3) is 4.35. The van der Waals surface area contributed by atoms with Gasteiger partial charge in [0.05, 0.1) is 13.2 Å². The fourth-order valence-electron chi connectivity index (χ4n) is 2.75. The molecule has 0 aromatic carbocycles. The van der Waals surface area contributed by atoms with E-state index in [0.717, 1.165) is 25.8 Å². The minimum Gasteiger partial charge on any atom is -0.370 e. The first-order chi connectivity index (χ1) is 9.24. The van der Waals surface area contributed by atoms with Crippen LogP contribution in [0.5, 0.6) is 0 Å². The zero-order chi connectivity index (χ0) is 13.6. The van der Waals surface area contributed by atoms with Gasteiger partial charge in [0, 0.05) is 19.4 Å². The SMILES string of the molecule is CCCNC(N)=NCC1COC2(CCCCCC2)O1. The van der Waals surface area contributed by atoms with Crippen LogP contribution in [0.1, 0.15) is 51.9 Å². The molecule has 110 valence electrons. The van der Waals surface area contributed by atoms with Crippen LogP contribution in [0.4, 0.5) is 0 Å². The minimum atomic E-state index is -0.317.